The quantitative estimate of drug-likeness (QED) is 0.559. The molecule has 3 aromatic rings. The number of nitrogens with zero attached hydrogens (tertiary/aromatic N) is 1. The van der Waals surface area contributed by atoms with Crippen molar-refractivity contribution in [1.29, 1.82) is 0 Å². The Bertz CT molecular complexity index is 978. The number of rotatable bonds is 6. The Morgan fingerprint density at radius 3 is 2.64 bits per heavy atom. The van der Waals surface area contributed by atoms with Gasteiger partial charge in [-0.1, -0.05) is 30.7 Å². The molecule has 2 atom stereocenters. The number of amides is 1. The van der Waals surface area contributed by atoms with Crippen LogP contribution < -0.4 is 11.1 Å². The molecule has 0 aliphatic rings. The van der Waals surface area contributed by atoms with E-state index in [2.05, 4.69) is 10.3 Å². The molecule has 2 aromatic carbocycles. The van der Waals surface area contributed by atoms with Crippen molar-refractivity contribution in [1.82, 2.24) is 4.98 Å². The molecule has 0 bridgehead atoms. The summed E-state index contributed by atoms with van der Waals surface area (Å²) in [6.07, 6.45) is 2.08. The highest BCUT2D eigenvalue weighted by Crippen LogP contribution is 2.31. The molecule has 28 heavy (non-hydrogen) atoms. The monoisotopic (exact) mass is 421 g/mol. The van der Waals surface area contributed by atoms with Crippen LogP contribution in [-0.4, -0.2) is 10.9 Å². The van der Waals surface area contributed by atoms with E-state index in [1.54, 1.807) is 25.3 Å². The topological polar surface area (TPSA) is 68.0 Å². The zero-order valence-electron chi connectivity index (χ0n) is 15.0. The summed E-state index contributed by atoms with van der Waals surface area (Å²) < 4.78 is 26.3. The Morgan fingerprint density at radius 1 is 1.25 bits per heavy atom. The number of nitrogens with two attached hydrogens (primary N) is 1. The van der Waals surface area contributed by atoms with Crippen molar-refractivity contribution in [3.8, 4) is 10.4 Å². The number of benzene rings is 2. The zero-order chi connectivity index (χ0) is 20.3. The van der Waals surface area contributed by atoms with E-state index in [9.17, 15) is 13.6 Å². The lowest BCUT2D eigenvalue weighted by atomic mass is 10.0. The predicted molar refractivity (Wildman–Crippen MR) is 108 cm³/mol. The van der Waals surface area contributed by atoms with E-state index in [0.717, 1.165) is 10.4 Å². The zero-order valence-corrected chi connectivity index (χ0v) is 16.5. The van der Waals surface area contributed by atoms with Crippen LogP contribution in [0.4, 0.5) is 14.5 Å². The average Bonchev–Trinajstić information content (AvgIpc) is 3.15. The molecule has 1 heterocycles. The molecule has 1 aromatic heterocycles. The van der Waals surface area contributed by atoms with Crippen molar-refractivity contribution in [3.05, 3.63) is 70.3 Å². The molecule has 0 aliphatic heterocycles. The molecule has 3 rings (SSSR count). The first-order chi connectivity index (χ1) is 13.3. The van der Waals surface area contributed by atoms with E-state index < -0.39 is 17.8 Å². The van der Waals surface area contributed by atoms with Gasteiger partial charge in [0.1, 0.15) is 16.6 Å². The summed E-state index contributed by atoms with van der Waals surface area (Å²) in [5.41, 5.74) is 7.50. The summed E-state index contributed by atoms with van der Waals surface area (Å²) in [4.78, 5) is 17.6. The number of hydrogen-bond acceptors (Lipinski definition) is 4. The van der Waals surface area contributed by atoms with Crippen LogP contribution in [0.5, 0.6) is 0 Å². The highest BCUT2D eigenvalue weighted by atomic mass is 35.5. The van der Waals surface area contributed by atoms with Crippen molar-refractivity contribution >= 4 is 34.5 Å². The molecule has 0 spiro atoms. The molecule has 1 amide bonds. The first-order valence-electron chi connectivity index (χ1n) is 8.56. The molecule has 0 aliphatic carbocycles. The van der Waals surface area contributed by atoms with Gasteiger partial charge < -0.3 is 11.1 Å². The Balaban J connectivity index is 1.62. The number of hydrogen-bond donors (Lipinski definition) is 2. The second-order valence-corrected chi connectivity index (χ2v) is 7.90. The Hall–Kier alpha value is -2.35. The van der Waals surface area contributed by atoms with E-state index in [-0.39, 0.29) is 16.7 Å². The summed E-state index contributed by atoms with van der Waals surface area (Å²) in [7, 11) is 0. The van der Waals surface area contributed by atoms with Crippen molar-refractivity contribution in [2.75, 3.05) is 5.32 Å². The van der Waals surface area contributed by atoms with Gasteiger partial charge in [-0.25, -0.2) is 13.8 Å². The van der Waals surface area contributed by atoms with E-state index in [1.165, 1.54) is 41.7 Å². The first-order valence-corrected chi connectivity index (χ1v) is 9.76. The summed E-state index contributed by atoms with van der Waals surface area (Å²) >= 11 is 7.14. The summed E-state index contributed by atoms with van der Waals surface area (Å²) in [6, 6.07) is 9.73. The second-order valence-electron chi connectivity index (χ2n) is 6.43. The lowest BCUT2D eigenvalue weighted by Gasteiger charge is -2.16. The van der Waals surface area contributed by atoms with Crippen molar-refractivity contribution in [2.24, 2.45) is 11.7 Å². The van der Waals surface area contributed by atoms with Gasteiger partial charge in [-0.3, -0.25) is 4.79 Å². The normalized spacial score (nSPS) is 13.2. The Morgan fingerprint density at radius 2 is 1.96 bits per heavy atom. The maximum absolute atomic E-state index is 13.2. The lowest BCUT2D eigenvalue weighted by molar-refractivity contribution is -0.119. The third-order valence-corrected chi connectivity index (χ3v) is 5.68. The number of halogens is 3. The molecule has 0 saturated heterocycles. The van der Waals surface area contributed by atoms with E-state index in [4.69, 9.17) is 17.3 Å². The average molecular weight is 422 g/mol. The number of aromatic nitrogens is 1. The largest absolute Gasteiger partial charge is 0.326 e. The standard InChI is InChI=1S/C20H18ClF2N3OS/c1-11(19(27)26-14-6-7-16(23)15(21)9-14)8-17(24)20-25-10-18(28-20)12-2-4-13(22)5-3-12/h2-7,9-11,17H,8,24H2,1H3,(H,26,27). The Kier molecular flexibility index (Phi) is 6.39. The van der Waals surface area contributed by atoms with Gasteiger partial charge in [0.2, 0.25) is 5.91 Å². The molecule has 146 valence electrons. The molecule has 0 radical (unpaired) electrons. The number of nitrogens with one attached hydrogen (secondary N) is 1. The summed E-state index contributed by atoms with van der Waals surface area (Å²) in [5, 5.41) is 3.35. The highest BCUT2D eigenvalue weighted by molar-refractivity contribution is 7.15. The van der Waals surface area contributed by atoms with Gasteiger partial charge >= 0.3 is 0 Å². The summed E-state index contributed by atoms with van der Waals surface area (Å²) in [6.45, 7) is 1.76. The van der Waals surface area contributed by atoms with Crippen LogP contribution in [0.2, 0.25) is 5.02 Å². The molecule has 0 saturated carbocycles. The first kappa shape index (κ1) is 20.4. The molecule has 3 N–H and O–H groups in total. The van der Waals surface area contributed by atoms with Gasteiger partial charge in [0.15, 0.2) is 0 Å². The summed E-state index contributed by atoms with van der Waals surface area (Å²) in [5.74, 6) is -1.48. The van der Waals surface area contributed by atoms with Crippen molar-refractivity contribution < 1.29 is 13.6 Å². The number of anilines is 1. The fraction of sp³-hybridized carbons (Fsp3) is 0.200. The molecule has 2 unspecified atom stereocenters. The Labute approximate surface area is 170 Å². The molecule has 4 nitrogen and oxygen atoms in total. The number of thiazole rings is 1. The fourth-order valence-electron chi connectivity index (χ4n) is 2.63. The second kappa shape index (κ2) is 8.77. The SMILES string of the molecule is CC(CC(N)c1ncc(-c2ccc(F)cc2)s1)C(=O)Nc1ccc(F)c(Cl)c1. The van der Waals surface area contributed by atoms with Crippen molar-refractivity contribution in [2.45, 2.75) is 19.4 Å². The maximum atomic E-state index is 13.2. The van der Waals surface area contributed by atoms with Gasteiger partial charge in [0, 0.05) is 17.8 Å². The molecule has 0 fully saturated rings. The highest BCUT2D eigenvalue weighted by Gasteiger charge is 2.20. The van der Waals surface area contributed by atoms with Crippen molar-refractivity contribution in [3.63, 3.8) is 0 Å². The van der Waals surface area contributed by atoms with Crippen LogP contribution >= 0.6 is 22.9 Å². The van der Waals surface area contributed by atoms with Crippen LogP contribution in [0.25, 0.3) is 10.4 Å². The number of carbonyl (C=O) groups is 1. The van der Waals surface area contributed by atoms with Gasteiger partial charge in [0.05, 0.1) is 15.9 Å². The van der Waals surface area contributed by atoms with Crippen LogP contribution in [0.1, 0.15) is 24.4 Å². The minimum absolute atomic E-state index is 0.0572. The van der Waals surface area contributed by atoms with E-state index in [1.807, 2.05) is 0 Å². The van der Waals surface area contributed by atoms with Gasteiger partial charge in [0.25, 0.3) is 0 Å². The van der Waals surface area contributed by atoms with Crippen LogP contribution in [-0.2, 0) is 4.79 Å². The predicted octanol–water partition coefficient (Wildman–Crippen LogP) is 5.41. The van der Waals surface area contributed by atoms with E-state index >= 15 is 0 Å². The van der Waals surface area contributed by atoms with E-state index in [0.29, 0.717) is 17.1 Å². The minimum Gasteiger partial charge on any atom is -0.326 e. The minimum atomic E-state index is -0.546. The van der Waals surface area contributed by atoms with Crippen LogP contribution in [0.3, 0.4) is 0 Å². The fourth-order valence-corrected chi connectivity index (χ4v) is 3.75. The molecular formula is C20H18ClF2N3OS. The third-order valence-electron chi connectivity index (χ3n) is 4.21. The number of carbonyl (C=O) groups excluding carboxylic acids is 1. The maximum Gasteiger partial charge on any atom is 0.227 e. The van der Waals surface area contributed by atoms with Gasteiger partial charge in [-0.15, -0.1) is 11.3 Å². The third kappa shape index (κ3) is 4.92. The van der Waals surface area contributed by atoms with Gasteiger partial charge in [-0.2, -0.15) is 0 Å². The van der Waals surface area contributed by atoms with Crippen LogP contribution in [0, 0.1) is 17.6 Å². The molecular weight excluding hydrogens is 404 g/mol. The molecule has 8 heteroatoms. The smallest absolute Gasteiger partial charge is 0.227 e. The van der Waals surface area contributed by atoms with Gasteiger partial charge in [-0.05, 0) is 42.3 Å². The lowest BCUT2D eigenvalue weighted by Crippen LogP contribution is -2.24. The van der Waals surface area contributed by atoms with Crippen LogP contribution in [0.15, 0.2) is 48.7 Å².